The molecule has 2 aromatic carbocycles. The summed E-state index contributed by atoms with van der Waals surface area (Å²) in [5.74, 6) is -0.643. The van der Waals surface area contributed by atoms with Gasteiger partial charge in [-0.25, -0.2) is 14.0 Å². The van der Waals surface area contributed by atoms with Crippen molar-refractivity contribution in [2.45, 2.75) is 13.0 Å². The number of aliphatic hydroxyl groups excluding tert-OH is 1. The molecule has 1 heterocycles. The monoisotopic (exact) mass is 417 g/mol. The Morgan fingerprint density at radius 1 is 1.21 bits per heavy atom. The van der Waals surface area contributed by atoms with E-state index in [4.69, 9.17) is 16.2 Å². The second-order valence-corrected chi connectivity index (χ2v) is 6.31. The van der Waals surface area contributed by atoms with Crippen LogP contribution < -0.4 is 10.6 Å². The highest BCUT2D eigenvalue weighted by Crippen LogP contribution is 2.20. The fourth-order valence-electron chi connectivity index (χ4n) is 2.48. The first-order chi connectivity index (χ1) is 14.1. The van der Waals surface area contributed by atoms with Gasteiger partial charge < -0.3 is 15.7 Å². The Hall–Kier alpha value is -3.30. The molecule has 0 atom stereocenters. The maximum atomic E-state index is 13.3. The molecule has 0 saturated heterocycles. The zero-order valence-electron chi connectivity index (χ0n) is 15.1. The fourth-order valence-corrected chi connectivity index (χ4v) is 2.66. The predicted octanol–water partition coefficient (Wildman–Crippen LogP) is 2.53. The second kappa shape index (κ2) is 9.76. The number of aliphatic hydroxyl groups is 1. The maximum absolute atomic E-state index is 13.3. The first-order valence-corrected chi connectivity index (χ1v) is 8.94. The zero-order valence-corrected chi connectivity index (χ0v) is 15.9. The highest BCUT2D eigenvalue weighted by Gasteiger charge is 2.18. The summed E-state index contributed by atoms with van der Waals surface area (Å²) < 4.78 is 18.1. The van der Waals surface area contributed by atoms with Crippen molar-refractivity contribution in [2.24, 2.45) is 4.99 Å². The van der Waals surface area contributed by atoms with E-state index >= 15 is 0 Å². The summed E-state index contributed by atoms with van der Waals surface area (Å²) in [5.41, 5.74) is 1.80. The quantitative estimate of drug-likeness (QED) is 0.402. The van der Waals surface area contributed by atoms with Crippen molar-refractivity contribution in [1.29, 1.82) is 0 Å². The standard InChI is InChI=1S/C19H17ClFN5O3/c20-14-9-13(6-7-15(14)21)24-19(23-11-27)18-16(25-29-26-18)10-22-17(28)8-12-4-2-1-3-5-12/h1-7,9,27H,8,10-11H2,(H,22,28)(H,23,24). The van der Waals surface area contributed by atoms with Gasteiger partial charge in [0, 0.05) is 5.69 Å². The summed E-state index contributed by atoms with van der Waals surface area (Å²) >= 11 is 5.78. The molecule has 3 N–H and O–H groups in total. The molecule has 3 rings (SSSR count). The number of anilines is 1. The highest BCUT2D eigenvalue weighted by atomic mass is 35.5. The minimum absolute atomic E-state index is 0.0425. The third kappa shape index (κ3) is 5.59. The molecular weight excluding hydrogens is 401 g/mol. The van der Waals surface area contributed by atoms with Crippen molar-refractivity contribution in [3.05, 3.63) is 76.3 Å². The van der Waals surface area contributed by atoms with Gasteiger partial charge in [0.05, 0.1) is 18.0 Å². The van der Waals surface area contributed by atoms with E-state index in [9.17, 15) is 14.3 Å². The minimum Gasteiger partial charge on any atom is -0.374 e. The first kappa shape index (κ1) is 20.4. The minimum atomic E-state index is -0.567. The molecule has 0 radical (unpaired) electrons. The largest absolute Gasteiger partial charge is 0.374 e. The normalized spacial score (nSPS) is 11.3. The predicted molar refractivity (Wildman–Crippen MR) is 105 cm³/mol. The molecule has 0 aliphatic rings. The van der Waals surface area contributed by atoms with Crippen LogP contribution in [0.3, 0.4) is 0 Å². The van der Waals surface area contributed by atoms with E-state index in [-0.39, 0.29) is 35.4 Å². The van der Waals surface area contributed by atoms with Gasteiger partial charge in [-0.2, -0.15) is 0 Å². The third-order valence-corrected chi connectivity index (χ3v) is 4.14. The average molecular weight is 418 g/mol. The van der Waals surface area contributed by atoms with Crippen LogP contribution in [0.4, 0.5) is 10.1 Å². The smallest absolute Gasteiger partial charge is 0.224 e. The van der Waals surface area contributed by atoms with Gasteiger partial charge in [0.2, 0.25) is 5.91 Å². The van der Waals surface area contributed by atoms with Gasteiger partial charge in [-0.15, -0.1) is 0 Å². The molecule has 0 aliphatic carbocycles. The molecule has 1 aromatic heterocycles. The summed E-state index contributed by atoms with van der Waals surface area (Å²) in [7, 11) is 0. The van der Waals surface area contributed by atoms with Crippen molar-refractivity contribution in [3.63, 3.8) is 0 Å². The number of aromatic nitrogens is 2. The summed E-state index contributed by atoms with van der Waals surface area (Å²) in [4.78, 5) is 16.1. The summed E-state index contributed by atoms with van der Waals surface area (Å²) in [5, 5.41) is 22.3. The zero-order chi connectivity index (χ0) is 20.6. The number of aliphatic imine (C=N–C) groups is 1. The molecule has 8 nitrogen and oxygen atoms in total. The Kier molecular flexibility index (Phi) is 6.88. The summed E-state index contributed by atoms with van der Waals surface area (Å²) in [6.45, 7) is -0.495. The fraction of sp³-hybridized carbons (Fsp3) is 0.158. The number of nitrogens with zero attached hydrogens (tertiary/aromatic N) is 3. The number of amidine groups is 1. The Bertz CT molecular complexity index is 1010. The van der Waals surface area contributed by atoms with E-state index in [1.807, 2.05) is 30.3 Å². The van der Waals surface area contributed by atoms with Crippen LogP contribution in [0.25, 0.3) is 0 Å². The summed E-state index contributed by atoms with van der Waals surface area (Å²) in [6.07, 6.45) is 0.214. The van der Waals surface area contributed by atoms with Gasteiger partial charge in [-0.3, -0.25) is 4.79 Å². The lowest BCUT2D eigenvalue weighted by Crippen LogP contribution is -2.26. The lowest BCUT2D eigenvalue weighted by atomic mass is 10.1. The Balaban J connectivity index is 1.69. The van der Waals surface area contributed by atoms with Crippen LogP contribution in [0.2, 0.25) is 5.02 Å². The van der Waals surface area contributed by atoms with E-state index in [1.54, 1.807) is 0 Å². The molecular formula is C19H17ClFN5O3. The number of benzene rings is 2. The van der Waals surface area contributed by atoms with E-state index in [1.165, 1.54) is 18.2 Å². The molecule has 3 aromatic rings. The molecule has 0 unspecified atom stereocenters. The van der Waals surface area contributed by atoms with E-state index < -0.39 is 12.5 Å². The molecule has 29 heavy (non-hydrogen) atoms. The van der Waals surface area contributed by atoms with Crippen LogP contribution in [-0.4, -0.2) is 33.9 Å². The molecule has 1 amide bonds. The van der Waals surface area contributed by atoms with Crippen molar-refractivity contribution in [3.8, 4) is 0 Å². The van der Waals surface area contributed by atoms with Gasteiger partial charge in [0.15, 0.2) is 11.5 Å². The molecule has 0 aliphatic heterocycles. The third-order valence-electron chi connectivity index (χ3n) is 3.85. The molecule has 0 bridgehead atoms. The average Bonchev–Trinajstić information content (AvgIpc) is 3.18. The van der Waals surface area contributed by atoms with Crippen molar-refractivity contribution in [2.75, 3.05) is 12.0 Å². The van der Waals surface area contributed by atoms with Crippen molar-refractivity contribution >= 4 is 29.0 Å². The van der Waals surface area contributed by atoms with Gasteiger partial charge >= 0.3 is 0 Å². The number of carbonyl (C=O) groups excluding carboxylic acids is 1. The van der Waals surface area contributed by atoms with Gasteiger partial charge in [0.1, 0.15) is 18.2 Å². The Morgan fingerprint density at radius 3 is 2.72 bits per heavy atom. The van der Waals surface area contributed by atoms with E-state index in [0.29, 0.717) is 11.4 Å². The van der Waals surface area contributed by atoms with Crippen LogP contribution in [0, 0.1) is 5.82 Å². The second-order valence-electron chi connectivity index (χ2n) is 5.90. The van der Waals surface area contributed by atoms with Gasteiger partial charge in [-0.05, 0) is 28.9 Å². The number of halogens is 2. The first-order valence-electron chi connectivity index (χ1n) is 8.56. The molecule has 0 saturated carbocycles. The number of rotatable bonds is 7. The van der Waals surface area contributed by atoms with Crippen molar-refractivity contribution < 1.29 is 18.9 Å². The lowest BCUT2D eigenvalue weighted by Gasteiger charge is -2.09. The van der Waals surface area contributed by atoms with E-state index in [2.05, 4.69) is 25.9 Å². The molecule has 150 valence electrons. The molecule has 10 heteroatoms. The Morgan fingerprint density at radius 2 is 2.00 bits per heavy atom. The van der Waals surface area contributed by atoms with Crippen LogP contribution in [-0.2, 0) is 17.8 Å². The number of hydrogen-bond donors (Lipinski definition) is 3. The Labute approximate surface area is 170 Å². The van der Waals surface area contributed by atoms with E-state index in [0.717, 1.165) is 5.56 Å². The highest BCUT2D eigenvalue weighted by molar-refractivity contribution is 6.31. The maximum Gasteiger partial charge on any atom is 0.224 e. The topological polar surface area (TPSA) is 113 Å². The number of nitrogens with one attached hydrogen (secondary N) is 2. The van der Waals surface area contributed by atoms with Gasteiger partial charge in [-0.1, -0.05) is 47.1 Å². The summed E-state index contributed by atoms with van der Waals surface area (Å²) in [6, 6.07) is 13.3. The van der Waals surface area contributed by atoms with Crippen LogP contribution in [0.1, 0.15) is 17.0 Å². The number of carbonyl (C=O) groups is 1. The molecule has 0 fully saturated rings. The SMILES string of the molecule is O=C(Cc1ccccc1)NCc1nonc1/C(=N/CO)Nc1ccc(F)c(Cl)c1. The van der Waals surface area contributed by atoms with Crippen LogP contribution in [0.5, 0.6) is 0 Å². The number of hydrogen-bond acceptors (Lipinski definition) is 6. The number of amides is 1. The van der Waals surface area contributed by atoms with Crippen LogP contribution >= 0.6 is 11.6 Å². The lowest BCUT2D eigenvalue weighted by molar-refractivity contribution is -0.120. The van der Waals surface area contributed by atoms with Crippen LogP contribution in [0.15, 0.2) is 58.2 Å². The van der Waals surface area contributed by atoms with Crippen molar-refractivity contribution in [1.82, 2.24) is 15.6 Å². The molecule has 0 spiro atoms. The van der Waals surface area contributed by atoms with Gasteiger partial charge in [0.25, 0.3) is 0 Å².